The maximum absolute atomic E-state index is 11.6. The van der Waals surface area contributed by atoms with E-state index in [4.69, 9.17) is 4.74 Å². The molecular formula is C9H16N2O2. The van der Waals surface area contributed by atoms with Crippen LogP contribution in [0.15, 0.2) is 0 Å². The van der Waals surface area contributed by atoms with Gasteiger partial charge in [-0.15, -0.1) is 0 Å². The molecule has 0 spiro atoms. The number of carbonyl (C=O) groups excluding carboxylic acids is 1. The molecule has 2 rings (SSSR count). The van der Waals surface area contributed by atoms with Gasteiger partial charge in [-0.2, -0.15) is 0 Å². The first-order valence-electron chi connectivity index (χ1n) is 4.98. The van der Waals surface area contributed by atoms with E-state index < -0.39 is 0 Å². The van der Waals surface area contributed by atoms with Crippen molar-refractivity contribution in [3.05, 3.63) is 0 Å². The fourth-order valence-corrected chi connectivity index (χ4v) is 1.86. The zero-order chi connectivity index (χ0) is 9.10. The van der Waals surface area contributed by atoms with Crippen molar-refractivity contribution in [3.63, 3.8) is 0 Å². The maximum Gasteiger partial charge on any atom is 0.237 e. The van der Waals surface area contributed by atoms with Crippen LogP contribution >= 0.6 is 0 Å². The van der Waals surface area contributed by atoms with E-state index in [0.29, 0.717) is 6.61 Å². The van der Waals surface area contributed by atoms with Gasteiger partial charge in [0.15, 0.2) is 0 Å². The molecule has 2 atom stereocenters. The lowest BCUT2D eigenvalue weighted by Crippen LogP contribution is -2.45. The average molecular weight is 184 g/mol. The van der Waals surface area contributed by atoms with E-state index in [-0.39, 0.29) is 18.0 Å². The molecule has 13 heavy (non-hydrogen) atoms. The molecule has 0 aromatic rings. The lowest BCUT2D eigenvalue weighted by atomic mass is 10.2. The van der Waals surface area contributed by atoms with Crippen LogP contribution in [0.1, 0.15) is 19.3 Å². The van der Waals surface area contributed by atoms with Crippen LogP contribution in [-0.4, -0.2) is 37.7 Å². The van der Waals surface area contributed by atoms with Gasteiger partial charge in [0.2, 0.25) is 5.91 Å². The third-order valence-electron chi connectivity index (χ3n) is 2.65. The Labute approximate surface area is 78.0 Å². The largest absolute Gasteiger partial charge is 0.379 e. The van der Waals surface area contributed by atoms with E-state index in [9.17, 15) is 4.79 Å². The molecule has 1 unspecified atom stereocenters. The first kappa shape index (κ1) is 8.97. The van der Waals surface area contributed by atoms with Crippen LogP contribution in [0.3, 0.4) is 0 Å². The van der Waals surface area contributed by atoms with Gasteiger partial charge >= 0.3 is 0 Å². The lowest BCUT2D eigenvalue weighted by molar-refractivity contribution is -0.123. The van der Waals surface area contributed by atoms with Gasteiger partial charge in [-0.3, -0.25) is 4.79 Å². The highest BCUT2D eigenvalue weighted by atomic mass is 16.5. The molecule has 0 aliphatic carbocycles. The van der Waals surface area contributed by atoms with Gasteiger partial charge in [-0.05, 0) is 25.8 Å². The Morgan fingerprint density at radius 2 is 2.38 bits per heavy atom. The number of carbonyl (C=O) groups is 1. The smallest absolute Gasteiger partial charge is 0.237 e. The summed E-state index contributed by atoms with van der Waals surface area (Å²) < 4.78 is 5.19. The van der Waals surface area contributed by atoms with Gasteiger partial charge in [0.25, 0.3) is 0 Å². The van der Waals surface area contributed by atoms with Gasteiger partial charge in [0.05, 0.1) is 18.7 Å². The fourth-order valence-electron chi connectivity index (χ4n) is 1.86. The van der Waals surface area contributed by atoms with Gasteiger partial charge in [-0.25, -0.2) is 0 Å². The van der Waals surface area contributed by atoms with Crippen LogP contribution < -0.4 is 10.6 Å². The number of hydrogen-bond donors (Lipinski definition) is 2. The summed E-state index contributed by atoms with van der Waals surface area (Å²) in [4.78, 5) is 11.6. The second kappa shape index (κ2) is 4.07. The Bertz CT molecular complexity index is 184. The molecule has 2 heterocycles. The van der Waals surface area contributed by atoms with Crippen LogP contribution in [-0.2, 0) is 9.53 Å². The molecule has 2 saturated heterocycles. The van der Waals surface area contributed by atoms with E-state index in [1.54, 1.807) is 0 Å². The monoisotopic (exact) mass is 184 g/mol. The molecule has 0 radical (unpaired) electrons. The Morgan fingerprint density at radius 1 is 1.46 bits per heavy atom. The summed E-state index contributed by atoms with van der Waals surface area (Å²) in [5.74, 6) is 0.146. The Balaban J connectivity index is 1.76. The minimum atomic E-state index is 0.0422. The fraction of sp³-hybridized carbons (Fsp3) is 0.889. The highest BCUT2D eigenvalue weighted by Gasteiger charge is 2.25. The molecule has 2 fully saturated rings. The summed E-state index contributed by atoms with van der Waals surface area (Å²) in [7, 11) is 0. The van der Waals surface area contributed by atoms with Crippen LogP contribution in [0.25, 0.3) is 0 Å². The Morgan fingerprint density at radius 3 is 3.00 bits per heavy atom. The second-order valence-corrected chi connectivity index (χ2v) is 3.72. The van der Waals surface area contributed by atoms with Gasteiger partial charge in [0, 0.05) is 6.61 Å². The molecule has 2 N–H and O–H groups in total. The molecule has 4 heteroatoms. The van der Waals surface area contributed by atoms with Crippen molar-refractivity contribution in [2.75, 3.05) is 19.8 Å². The van der Waals surface area contributed by atoms with Crippen molar-refractivity contribution < 1.29 is 9.53 Å². The van der Waals surface area contributed by atoms with Crippen LogP contribution in [0.5, 0.6) is 0 Å². The molecule has 74 valence electrons. The normalized spacial score (nSPS) is 33.5. The van der Waals surface area contributed by atoms with Crippen molar-refractivity contribution in [3.8, 4) is 0 Å². The maximum atomic E-state index is 11.6. The number of rotatable bonds is 2. The van der Waals surface area contributed by atoms with Crippen molar-refractivity contribution >= 4 is 5.91 Å². The van der Waals surface area contributed by atoms with Crippen molar-refractivity contribution in [2.45, 2.75) is 31.3 Å². The molecule has 0 aromatic heterocycles. The van der Waals surface area contributed by atoms with Crippen LogP contribution in [0.4, 0.5) is 0 Å². The van der Waals surface area contributed by atoms with Gasteiger partial charge in [0.1, 0.15) is 0 Å². The molecule has 0 bridgehead atoms. The zero-order valence-electron chi connectivity index (χ0n) is 7.71. The molecule has 0 saturated carbocycles. The second-order valence-electron chi connectivity index (χ2n) is 3.72. The number of amides is 1. The molecule has 2 aliphatic rings. The van der Waals surface area contributed by atoms with Gasteiger partial charge in [-0.1, -0.05) is 0 Å². The predicted molar refractivity (Wildman–Crippen MR) is 48.4 cm³/mol. The van der Waals surface area contributed by atoms with E-state index in [2.05, 4.69) is 10.6 Å². The predicted octanol–water partition coefficient (Wildman–Crippen LogP) is -0.357. The number of ether oxygens (including phenoxy) is 1. The van der Waals surface area contributed by atoms with Crippen molar-refractivity contribution in [1.82, 2.24) is 10.6 Å². The summed E-state index contributed by atoms with van der Waals surface area (Å²) >= 11 is 0. The van der Waals surface area contributed by atoms with Crippen LogP contribution in [0.2, 0.25) is 0 Å². The first-order valence-corrected chi connectivity index (χ1v) is 4.98. The highest BCUT2D eigenvalue weighted by Crippen LogP contribution is 2.07. The Hall–Kier alpha value is -0.610. The summed E-state index contributed by atoms with van der Waals surface area (Å²) in [6.45, 7) is 2.43. The third kappa shape index (κ3) is 2.19. The topological polar surface area (TPSA) is 50.4 Å². The summed E-state index contributed by atoms with van der Waals surface area (Å²) in [5.41, 5.74) is 0. The minimum absolute atomic E-state index is 0.0422. The quantitative estimate of drug-likeness (QED) is 0.616. The van der Waals surface area contributed by atoms with Gasteiger partial charge < -0.3 is 15.4 Å². The average Bonchev–Trinajstić information content (AvgIpc) is 2.74. The Kier molecular flexibility index (Phi) is 2.80. The SMILES string of the molecule is O=C(NC1CCOC1)[C@@H]1CCCN1. The minimum Gasteiger partial charge on any atom is -0.379 e. The van der Waals surface area contributed by atoms with E-state index in [0.717, 1.165) is 32.4 Å². The molecule has 2 aliphatic heterocycles. The van der Waals surface area contributed by atoms with Crippen LogP contribution in [0, 0.1) is 0 Å². The van der Waals surface area contributed by atoms with E-state index in [1.165, 1.54) is 0 Å². The standard InChI is InChI=1S/C9H16N2O2/c12-9(8-2-1-4-10-8)11-7-3-5-13-6-7/h7-8,10H,1-6H2,(H,11,12)/t7?,8-/m0/s1. The summed E-state index contributed by atoms with van der Waals surface area (Å²) in [6.07, 6.45) is 3.04. The van der Waals surface area contributed by atoms with E-state index >= 15 is 0 Å². The summed E-state index contributed by atoms with van der Waals surface area (Å²) in [6, 6.07) is 0.287. The molecule has 1 amide bonds. The van der Waals surface area contributed by atoms with E-state index in [1.807, 2.05) is 0 Å². The lowest BCUT2D eigenvalue weighted by Gasteiger charge is -2.14. The third-order valence-corrected chi connectivity index (χ3v) is 2.65. The zero-order valence-corrected chi connectivity index (χ0v) is 7.71. The molecule has 4 nitrogen and oxygen atoms in total. The summed E-state index contributed by atoms with van der Waals surface area (Å²) in [5, 5.41) is 6.17. The highest BCUT2D eigenvalue weighted by molar-refractivity contribution is 5.82. The molecule has 0 aromatic carbocycles. The van der Waals surface area contributed by atoms with Crippen molar-refractivity contribution in [2.24, 2.45) is 0 Å². The number of nitrogens with one attached hydrogen (secondary N) is 2. The van der Waals surface area contributed by atoms with Crippen molar-refractivity contribution in [1.29, 1.82) is 0 Å². The molecular weight excluding hydrogens is 168 g/mol. The first-order chi connectivity index (χ1) is 6.36. The number of hydrogen-bond acceptors (Lipinski definition) is 3.